The van der Waals surface area contributed by atoms with Gasteiger partial charge in [0.25, 0.3) is 10.0 Å². The van der Waals surface area contributed by atoms with Crippen molar-refractivity contribution >= 4 is 39.3 Å². The Labute approximate surface area is 254 Å². The average molecular weight is 612 g/mol. The molecule has 8 nitrogen and oxygen atoms in total. The van der Waals surface area contributed by atoms with Crippen molar-refractivity contribution in [3.63, 3.8) is 0 Å². The molecule has 0 bridgehead atoms. The minimum absolute atomic E-state index is 0.0540. The number of thioether (sulfide) groups is 1. The Morgan fingerprint density at radius 3 is 2.21 bits per heavy atom. The van der Waals surface area contributed by atoms with Gasteiger partial charge in [-0.3, -0.25) is 13.9 Å². The molecule has 0 heterocycles. The maximum absolute atomic E-state index is 14.2. The first-order valence-electron chi connectivity index (χ1n) is 14.3. The van der Waals surface area contributed by atoms with E-state index < -0.39 is 28.5 Å². The summed E-state index contributed by atoms with van der Waals surface area (Å²) in [6.45, 7) is 6.17. The predicted molar refractivity (Wildman–Crippen MR) is 169 cm³/mol. The summed E-state index contributed by atoms with van der Waals surface area (Å²) < 4.78 is 35.2. The molecule has 10 heteroatoms. The summed E-state index contributed by atoms with van der Waals surface area (Å²) in [5.41, 5.74) is 1.09. The molecule has 1 N–H and O–H groups in total. The molecule has 3 rings (SSSR count). The highest BCUT2D eigenvalue weighted by Gasteiger charge is 2.34. The number of sulfonamides is 1. The Bertz CT molecular complexity index is 1400. The number of rotatable bonds is 16. The largest absolute Gasteiger partial charge is 0.492 e. The predicted octanol–water partition coefficient (Wildman–Crippen LogP) is 5.73. The van der Waals surface area contributed by atoms with Crippen LogP contribution in [0.15, 0.2) is 88.7 Å². The number of ether oxygens (including phenoxy) is 1. The number of benzene rings is 3. The van der Waals surface area contributed by atoms with Crippen molar-refractivity contribution in [2.24, 2.45) is 0 Å². The first kappa shape index (κ1) is 33.0. The molecule has 0 saturated carbocycles. The third-order valence-electron chi connectivity index (χ3n) is 6.77. The molecule has 0 radical (unpaired) electrons. The highest BCUT2D eigenvalue weighted by molar-refractivity contribution is 7.98. The lowest BCUT2D eigenvalue weighted by Crippen LogP contribution is -2.52. The van der Waals surface area contributed by atoms with Crippen LogP contribution in [0.4, 0.5) is 5.69 Å². The second-order valence-electron chi connectivity index (χ2n) is 9.66. The van der Waals surface area contributed by atoms with E-state index >= 15 is 0 Å². The molecule has 2 amide bonds. The van der Waals surface area contributed by atoms with Crippen LogP contribution in [0.3, 0.4) is 0 Å². The van der Waals surface area contributed by atoms with Gasteiger partial charge in [0.05, 0.1) is 17.2 Å². The SMILES string of the molecule is CCCCNC(=O)C(CC)N(Cc1ccccc1)C(=O)CN(c1ccccc1OCC)S(=O)(=O)c1ccc(SC)cc1. The highest BCUT2D eigenvalue weighted by atomic mass is 32.2. The first-order valence-corrected chi connectivity index (χ1v) is 16.9. The van der Waals surface area contributed by atoms with Gasteiger partial charge in [-0.05, 0) is 68.0 Å². The molecule has 3 aromatic rings. The Hall–Kier alpha value is -3.50. The Morgan fingerprint density at radius 1 is 0.929 bits per heavy atom. The Balaban J connectivity index is 2.07. The molecule has 42 heavy (non-hydrogen) atoms. The van der Waals surface area contributed by atoms with Gasteiger partial charge in [0.15, 0.2) is 0 Å². The number of carbonyl (C=O) groups excluding carboxylic acids is 2. The smallest absolute Gasteiger partial charge is 0.264 e. The lowest BCUT2D eigenvalue weighted by Gasteiger charge is -2.33. The van der Waals surface area contributed by atoms with Gasteiger partial charge < -0.3 is 15.0 Å². The Kier molecular flexibility index (Phi) is 12.7. The molecule has 0 fully saturated rings. The zero-order valence-electron chi connectivity index (χ0n) is 24.8. The minimum Gasteiger partial charge on any atom is -0.492 e. The topological polar surface area (TPSA) is 96.0 Å². The van der Waals surface area contributed by atoms with Crippen molar-refractivity contribution in [2.45, 2.75) is 62.4 Å². The van der Waals surface area contributed by atoms with E-state index in [4.69, 9.17) is 4.74 Å². The molecule has 0 aliphatic rings. The van der Waals surface area contributed by atoms with E-state index in [2.05, 4.69) is 5.32 Å². The third kappa shape index (κ3) is 8.51. The van der Waals surface area contributed by atoms with Crippen LogP contribution in [0.25, 0.3) is 0 Å². The summed E-state index contributed by atoms with van der Waals surface area (Å²) in [6, 6.07) is 21.9. The molecule has 0 aliphatic carbocycles. The normalized spacial score (nSPS) is 11.9. The van der Waals surface area contributed by atoms with Crippen LogP contribution in [0, 0.1) is 0 Å². The fraction of sp³-hybridized carbons (Fsp3) is 0.375. The van der Waals surface area contributed by atoms with Gasteiger partial charge in [-0.15, -0.1) is 11.8 Å². The van der Waals surface area contributed by atoms with E-state index in [1.807, 2.05) is 57.4 Å². The molecular weight excluding hydrogens is 571 g/mol. The summed E-state index contributed by atoms with van der Waals surface area (Å²) >= 11 is 1.51. The third-order valence-corrected chi connectivity index (χ3v) is 9.29. The lowest BCUT2D eigenvalue weighted by molar-refractivity contribution is -0.140. The second-order valence-corrected chi connectivity index (χ2v) is 12.4. The first-order chi connectivity index (χ1) is 20.3. The summed E-state index contributed by atoms with van der Waals surface area (Å²) in [5, 5.41) is 2.95. The van der Waals surface area contributed by atoms with E-state index in [9.17, 15) is 18.0 Å². The molecule has 1 unspecified atom stereocenters. The average Bonchev–Trinajstić information content (AvgIpc) is 3.01. The summed E-state index contributed by atoms with van der Waals surface area (Å²) in [5.74, 6) is -0.407. The van der Waals surface area contributed by atoms with Crippen molar-refractivity contribution in [3.05, 3.63) is 84.4 Å². The van der Waals surface area contributed by atoms with Crippen LogP contribution in [0.5, 0.6) is 5.75 Å². The van der Waals surface area contributed by atoms with Crippen LogP contribution in [0.2, 0.25) is 0 Å². The molecule has 0 spiro atoms. The lowest BCUT2D eigenvalue weighted by atomic mass is 10.1. The van der Waals surface area contributed by atoms with Crippen molar-refractivity contribution in [1.82, 2.24) is 10.2 Å². The minimum atomic E-state index is -4.20. The van der Waals surface area contributed by atoms with Gasteiger partial charge in [0.1, 0.15) is 18.3 Å². The van der Waals surface area contributed by atoms with Crippen molar-refractivity contribution in [2.75, 3.05) is 30.3 Å². The van der Waals surface area contributed by atoms with Gasteiger partial charge in [-0.2, -0.15) is 0 Å². The van der Waals surface area contributed by atoms with E-state index in [1.54, 1.807) is 48.5 Å². The van der Waals surface area contributed by atoms with Crippen molar-refractivity contribution in [1.29, 1.82) is 0 Å². The van der Waals surface area contributed by atoms with Crippen LogP contribution in [-0.4, -0.2) is 57.1 Å². The maximum atomic E-state index is 14.2. The summed E-state index contributed by atoms with van der Waals surface area (Å²) in [4.78, 5) is 30.0. The van der Waals surface area contributed by atoms with Crippen LogP contribution >= 0.6 is 11.8 Å². The molecule has 3 aromatic carbocycles. The standard InChI is InChI=1S/C32H41N3O5S2/c1-5-8-22-33-32(37)28(6-2)34(23-25-14-10-9-11-15-25)31(36)24-35(29-16-12-13-17-30(29)40-7-3)42(38,39)27-20-18-26(41-4)19-21-27/h9-21,28H,5-8,22-24H2,1-4H3,(H,33,37). The Morgan fingerprint density at radius 2 is 1.60 bits per heavy atom. The fourth-order valence-electron chi connectivity index (χ4n) is 4.53. The van der Waals surface area contributed by atoms with E-state index in [0.717, 1.165) is 27.6 Å². The molecule has 0 aromatic heterocycles. The number of hydrogen-bond acceptors (Lipinski definition) is 6. The van der Waals surface area contributed by atoms with Gasteiger partial charge in [-0.1, -0.05) is 62.7 Å². The van der Waals surface area contributed by atoms with Crippen LogP contribution in [0.1, 0.15) is 45.6 Å². The fourth-order valence-corrected chi connectivity index (χ4v) is 6.37. The molecular formula is C32H41N3O5S2. The molecule has 1 atom stereocenters. The summed E-state index contributed by atoms with van der Waals surface area (Å²) in [7, 11) is -4.20. The highest BCUT2D eigenvalue weighted by Crippen LogP contribution is 2.33. The van der Waals surface area contributed by atoms with Gasteiger partial charge >= 0.3 is 0 Å². The monoisotopic (exact) mass is 611 g/mol. The second kappa shape index (κ2) is 16.2. The van der Waals surface area contributed by atoms with Crippen LogP contribution < -0.4 is 14.4 Å². The number of nitrogens with zero attached hydrogens (tertiary/aromatic N) is 2. The van der Waals surface area contributed by atoms with Gasteiger partial charge in [-0.25, -0.2) is 8.42 Å². The molecule has 226 valence electrons. The van der Waals surface area contributed by atoms with Gasteiger partial charge in [0, 0.05) is 18.0 Å². The number of nitrogens with one attached hydrogen (secondary N) is 1. The molecule has 0 aliphatic heterocycles. The van der Waals surface area contributed by atoms with Gasteiger partial charge in [0.2, 0.25) is 11.8 Å². The summed E-state index contributed by atoms with van der Waals surface area (Å²) in [6.07, 6.45) is 4.03. The van der Waals surface area contributed by atoms with E-state index in [-0.39, 0.29) is 23.0 Å². The number of carbonyl (C=O) groups is 2. The van der Waals surface area contributed by atoms with Crippen molar-refractivity contribution in [3.8, 4) is 5.75 Å². The number of hydrogen-bond donors (Lipinski definition) is 1. The molecule has 0 saturated heterocycles. The van der Waals surface area contributed by atoms with E-state index in [0.29, 0.717) is 25.3 Å². The maximum Gasteiger partial charge on any atom is 0.264 e. The van der Waals surface area contributed by atoms with Crippen LogP contribution in [-0.2, 0) is 26.2 Å². The van der Waals surface area contributed by atoms with E-state index in [1.165, 1.54) is 16.7 Å². The zero-order valence-corrected chi connectivity index (χ0v) is 26.4. The number of anilines is 1. The number of amides is 2. The number of unbranched alkanes of at least 4 members (excludes halogenated alkanes) is 1. The zero-order chi connectivity index (χ0) is 30.5. The number of para-hydroxylation sites is 2. The quantitative estimate of drug-likeness (QED) is 0.164. The van der Waals surface area contributed by atoms with Crippen molar-refractivity contribution < 1.29 is 22.7 Å².